The Labute approximate surface area is 159 Å². The van der Waals surface area contributed by atoms with Crippen molar-refractivity contribution >= 4 is 23.6 Å². The molecule has 2 rings (SSSR count). The molecule has 27 heavy (non-hydrogen) atoms. The molecule has 148 valence electrons. The lowest BCUT2D eigenvalue weighted by Gasteiger charge is -2.19. The van der Waals surface area contributed by atoms with Crippen molar-refractivity contribution in [3.63, 3.8) is 0 Å². The lowest BCUT2D eigenvalue weighted by Crippen LogP contribution is -2.34. The number of hydrogen-bond acceptors (Lipinski definition) is 5. The summed E-state index contributed by atoms with van der Waals surface area (Å²) < 4.78 is 10.5. The molecule has 1 aromatic rings. The highest BCUT2D eigenvalue weighted by atomic mass is 16.6. The van der Waals surface area contributed by atoms with Crippen LogP contribution >= 0.6 is 0 Å². The number of amides is 3. The van der Waals surface area contributed by atoms with Crippen LogP contribution in [0.2, 0.25) is 0 Å². The molecule has 1 heterocycles. The summed E-state index contributed by atoms with van der Waals surface area (Å²) in [6, 6.07) is 5.54. The number of benzene rings is 1. The fourth-order valence-electron chi connectivity index (χ4n) is 2.54. The van der Waals surface area contributed by atoms with Gasteiger partial charge in [0, 0.05) is 18.8 Å². The van der Waals surface area contributed by atoms with Crippen LogP contribution in [0.1, 0.15) is 31.9 Å². The molecule has 0 radical (unpaired) electrons. The van der Waals surface area contributed by atoms with Crippen molar-refractivity contribution in [1.82, 2.24) is 10.6 Å². The van der Waals surface area contributed by atoms with Crippen LogP contribution in [0, 0.1) is 0 Å². The zero-order valence-corrected chi connectivity index (χ0v) is 16.0. The molecule has 1 aliphatic heterocycles. The van der Waals surface area contributed by atoms with Crippen LogP contribution in [-0.2, 0) is 31.9 Å². The quantitative estimate of drug-likeness (QED) is 0.594. The molecule has 0 fully saturated rings. The average Bonchev–Trinajstić information content (AvgIpc) is 2.91. The molecule has 0 saturated heterocycles. The number of carbonyl (C=O) groups excluding carboxylic acids is 3. The first-order chi connectivity index (χ1) is 12.7. The van der Waals surface area contributed by atoms with E-state index in [4.69, 9.17) is 9.47 Å². The van der Waals surface area contributed by atoms with Gasteiger partial charge in [-0.25, -0.2) is 4.79 Å². The number of anilines is 1. The maximum absolute atomic E-state index is 12.0. The standard InChI is InChI=1S/C19H27N3O5/c1-19(2,3)27-18(25)21-7-9-26-8-6-20-16(23)11-13-4-5-15-14(10-13)12-17(24)22-15/h4-5,10H,6-9,11-12H2,1-3H3,(H,20,23)(H,21,25)(H,22,24). The van der Waals surface area contributed by atoms with Gasteiger partial charge in [-0.15, -0.1) is 0 Å². The fraction of sp³-hybridized carbons (Fsp3) is 0.526. The summed E-state index contributed by atoms with van der Waals surface area (Å²) in [5.41, 5.74) is 2.08. The van der Waals surface area contributed by atoms with Crippen molar-refractivity contribution in [2.24, 2.45) is 0 Å². The molecule has 0 saturated carbocycles. The summed E-state index contributed by atoms with van der Waals surface area (Å²) in [5, 5.41) is 8.14. The molecule has 1 aromatic carbocycles. The number of ether oxygens (including phenoxy) is 2. The highest BCUT2D eigenvalue weighted by molar-refractivity contribution is 5.99. The van der Waals surface area contributed by atoms with E-state index in [0.29, 0.717) is 32.7 Å². The summed E-state index contributed by atoms with van der Waals surface area (Å²) in [6.45, 7) is 6.80. The Kier molecular flexibility index (Phi) is 7.18. The second-order valence-electron chi connectivity index (χ2n) is 7.28. The highest BCUT2D eigenvalue weighted by Crippen LogP contribution is 2.23. The molecule has 3 amide bonds. The van der Waals surface area contributed by atoms with E-state index in [1.807, 2.05) is 18.2 Å². The molecular weight excluding hydrogens is 350 g/mol. The van der Waals surface area contributed by atoms with Crippen LogP contribution in [0.25, 0.3) is 0 Å². The second-order valence-corrected chi connectivity index (χ2v) is 7.28. The largest absolute Gasteiger partial charge is 0.444 e. The van der Waals surface area contributed by atoms with E-state index in [9.17, 15) is 14.4 Å². The number of nitrogens with one attached hydrogen (secondary N) is 3. The highest BCUT2D eigenvalue weighted by Gasteiger charge is 2.18. The van der Waals surface area contributed by atoms with Crippen LogP contribution in [0.4, 0.5) is 10.5 Å². The van der Waals surface area contributed by atoms with Gasteiger partial charge >= 0.3 is 6.09 Å². The monoisotopic (exact) mass is 377 g/mol. The molecule has 0 bridgehead atoms. The van der Waals surface area contributed by atoms with Crippen molar-refractivity contribution in [2.75, 3.05) is 31.6 Å². The molecule has 8 nitrogen and oxygen atoms in total. The summed E-state index contributed by atoms with van der Waals surface area (Å²) in [7, 11) is 0. The van der Waals surface area contributed by atoms with Gasteiger partial charge in [-0.2, -0.15) is 0 Å². The van der Waals surface area contributed by atoms with Gasteiger partial charge in [0.2, 0.25) is 11.8 Å². The summed E-state index contributed by atoms with van der Waals surface area (Å²) in [4.78, 5) is 34.7. The minimum absolute atomic E-state index is 0.0232. The van der Waals surface area contributed by atoms with Gasteiger partial charge in [-0.05, 0) is 38.0 Å². The van der Waals surface area contributed by atoms with Crippen molar-refractivity contribution < 1.29 is 23.9 Å². The Morgan fingerprint density at radius 3 is 2.56 bits per heavy atom. The number of alkyl carbamates (subject to hydrolysis) is 1. The zero-order valence-electron chi connectivity index (χ0n) is 16.0. The molecule has 0 aliphatic carbocycles. The van der Waals surface area contributed by atoms with Crippen LogP contribution in [0.15, 0.2) is 18.2 Å². The third-order valence-corrected chi connectivity index (χ3v) is 3.64. The van der Waals surface area contributed by atoms with E-state index >= 15 is 0 Å². The third kappa shape index (κ3) is 7.65. The van der Waals surface area contributed by atoms with Gasteiger partial charge in [-0.3, -0.25) is 9.59 Å². The topological polar surface area (TPSA) is 106 Å². The molecular formula is C19H27N3O5. The SMILES string of the molecule is CC(C)(C)OC(=O)NCCOCCNC(=O)Cc1ccc2c(c1)CC(=O)N2. The molecule has 0 spiro atoms. The first-order valence-corrected chi connectivity index (χ1v) is 8.96. The van der Waals surface area contributed by atoms with Gasteiger partial charge in [0.15, 0.2) is 0 Å². The van der Waals surface area contributed by atoms with E-state index in [1.165, 1.54) is 0 Å². The Balaban J connectivity index is 1.55. The minimum atomic E-state index is -0.528. The molecule has 0 atom stereocenters. The Hall–Kier alpha value is -2.61. The average molecular weight is 377 g/mol. The molecule has 0 aromatic heterocycles. The zero-order chi connectivity index (χ0) is 19.9. The van der Waals surface area contributed by atoms with E-state index < -0.39 is 11.7 Å². The van der Waals surface area contributed by atoms with Gasteiger partial charge < -0.3 is 25.4 Å². The number of rotatable bonds is 8. The van der Waals surface area contributed by atoms with E-state index in [1.54, 1.807) is 20.8 Å². The Morgan fingerprint density at radius 1 is 1.15 bits per heavy atom. The fourth-order valence-corrected chi connectivity index (χ4v) is 2.54. The van der Waals surface area contributed by atoms with Crippen LogP contribution in [0.5, 0.6) is 0 Å². The van der Waals surface area contributed by atoms with Gasteiger partial charge in [-0.1, -0.05) is 12.1 Å². The van der Waals surface area contributed by atoms with Gasteiger partial charge in [0.25, 0.3) is 0 Å². The summed E-state index contributed by atoms with van der Waals surface area (Å²) >= 11 is 0. The normalized spacial score (nSPS) is 12.9. The number of hydrogen-bond donors (Lipinski definition) is 3. The second kappa shape index (κ2) is 9.36. The maximum Gasteiger partial charge on any atom is 0.407 e. The maximum atomic E-state index is 12.0. The van der Waals surface area contributed by atoms with Crippen molar-refractivity contribution in [3.05, 3.63) is 29.3 Å². The number of fused-ring (bicyclic) bond motifs is 1. The lowest BCUT2D eigenvalue weighted by atomic mass is 10.1. The van der Waals surface area contributed by atoms with E-state index in [2.05, 4.69) is 16.0 Å². The third-order valence-electron chi connectivity index (χ3n) is 3.64. The van der Waals surface area contributed by atoms with Crippen LogP contribution in [0.3, 0.4) is 0 Å². The predicted molar refractivity (Wildman–Crippen MR) is 101 cm³/mol. The van der Waals surface area contributed by atoms with Crippen LogP contribution in [-0.4, -0.2) is 49.8 Å². The molecule has 0 unspecified atom stereocenters. The smallest absolute Gasteiger partial charge is 0.407 e. The van der Waals surface area contributed by atoms with Crippen molar-refractivity contribution in [3.8, 4) is 0 Å². The van der Waals surface area contributed by atoms with Gasteiger partial charge in [0.1, 0.15) is 5.60 Å². The molecule has 1 aliphatic rings. The number of carbonyl (C=O) groups is 3. The molecule has 3 N–H and O–H groups in total. The van der Waals surface area contributed by atoms with Crippen molar-refractivity contribution in [2.45, 2.75) is 39.2 Å². The first-order valence-electron chi connectivity index (χ1n) is 8.96. The van der Waals surface area contributed by atoms with Gasteiger partial charge in [0.05, 0.1) is 26.1 Å². The van der Waals surface area contributed by atoms with Crippen molar-refractivity contribution in [1.29, 1.82) is 0 Å². The lowest BCUT2D eigenvalue weighted by molar-refractivity contribution is -0.120. The summed E-state index contributed by atoms with van der Waals surface area (Å²) in [6.07, 6.45) is 0.128. The summed E-state index contributed by atoms with van der Waals surface area (Å²) in [5.74, 6) is -0.132. The van der Waals surface area contributed by atoms with Crippen LogP contribution < -0.4 is 16.0 Å². The Morgan fingerprint density at radius 2 is 1.85 bits per heavy atom. The minimum Gasteiger partial charge on any atom is -0.444 e. The van der Waals surface area contributed by atoms with E-state index in [0.717, 1.165) is 16.8 Å². The molecule has 8 heteroatoms. The first kappa shape index (κ1) is 20.7. The van der Waals surface area contributed by atoms with E-state index in [-0.39, 0.29) is 18.2 Å². The predicted octanol–water partition coefficient (Wildman–Crippen LogP) is 1.38. The Bertz CT molecular complexity index is 697.